The molecular weight excluding hydrogens is 298 g/mol. The van der Waals surface area contributed by atoms with E-state index in [0.29, 0.717) is 19.7 Å². The van der Waals surface area contributed by atoms with Gasteiger partial charge in [-0.3, -0.25) is 9.48 Å². The van der Waals surface area contributed by atoms with Crippen LogP contribution in [-0.2, 0) is 26.1 Å². The number of aromatic nitrogens is 2. The first-order valence-electron chi connectivity index (χ1n) is 6.43. The first-order chi connectivity index (χ1) is 9.81. The van der Waals surface area contributed by atoms with Crippen LogP contribution in [-0.4, -0.2) is 50.4 Å². The summed E-state index contributed by atoms with van der Waals surface area (Å²) in [6, 6.07) is -0.934. The highest BCUT2D eigenvalue weighted by Gasteiger charge is 2.25. The lowest BCUT2D eigenvalue weighted by Crippen LogP contribution is -2.45. The van der Waals surface area contributed by atoms with Crippen molar-refractivity contribution in [3.63, 3.8) is 0 Å². The van der Waals surface area contributed by atoms with Crippen molar-refractivity contribution in [2.45, 2.75) is 31.3 Å². The summed E-state index contributed by atoms with van der Waals surface area (Å²) in [5.41, 5.74) is 5.58. The minimum Gasteiger partial charge on any atom is -0.383 e. The van der Waals surface area contributed by atoms with E-state index < -0.39 is 22.0 Å². The monoisotopic (exact) mass is 319 g/mol. The number of hydrogen-bond acceptors (Lipinski definition) is 6. The van der Waals surface area contributed by atoms with E-state index in [1.165, 1.54) is 24.9 Å². The van der Waals surface area contributed by atoms with Crippen LogP contribution in [0.5, 0.6) is 0 Å². The second-order valence-corrected chi connectivity index (χ2v) is 6.04. The molecule has 1 unspecified atom stereocenters. The van der Waals surface area contributed by atoms with E-state index in [-0.39, 0.29) is 10.7 Å². The second-order valence-electron chi connectivity index (χ2n) is 4.36. The Hall–Kier alpha value is -1.65. The van der Waals surface area contributed by atoms with Gasteiger partial charge in [-0.05, 0) is 13.8 Å². The van der Waals surface area contributed by atoms with Gasteiger partial charge in [0.05, 0.1) is 12.6 Å². The molecule has 1 amide bonds. The largest absolute Gasteiger partial charge is 0.383 e. The zero-order chi connectivity index (χ0) is 16.0. The highest BCUT2D eigenvalue weighted by molar-refractivity contribution is 7.89. The number of methoxy groups -OCH3 is 1. The van der Waals surface area contributed by atoms with Crippen molar-refractivity contribution in [1.29, 1.82) is 0 Å². The molecule has 0 saturated heterocycles. The van der Waals surface area contributed by atoms with Gasteiger partial charge in [-0.1, -0.05) is 0 Å². The van der Waals surface area contributed by atoms with Gasteiger partial charge in [0.25, 0.3) is 0 Å². The highest BCUT2D eigenvalue weighted by atomic mass is 32.2. The first-order valence-corrected chi connectivity index (χ1v) is 7.92. The van der Waals surface area contributed by atoms with Crippen LogP contribution in [0.4, 0.5) is 5.82 Å². The summed E-state index contributed by atoms with van der Waals surface area (Å²) in [7, 11) is -2.40. The molecule has 0 aliphatic carbocycles. The third-order valence-electron chi connectivity index (χ3n) is 2.70. The lowest BCUT2D eigenvalue weighted by atomic mass is 10.3. The summed E-state index contributed by atoms with van der Waals surface area (Å²) in [4.78, 5) is 11.6. The molecule has 10 heteroatoms. The SMILES string of the molecule is CCn1cc(S(=O)(=O)NC(C)C(=O)NCCOC)c(N)n1. The van der Waals surface area contributed by atoms with E-state index in [4.69, 9.17) is 10.5 Å². The predicted molar refractivity (Wildman–Crippen MR) is 77.0 cm³/mol. The number of aryl methyl sites for hydroxylation is 1. The average Bonchev–Trinajstić information content (AvgIpc) is 2.80. The Balaban J connectivity index is 2.75. The number of carbonyl (C=O) groups is 1. The molecule has 1 rings (SSSR count). The zero-order valence-corrected chi connectivity index (χ0v) is 13.1. The maximum atomic E-state index is 12.2. The lowest BCUT2D eigenvalue weighted by molar-refractivity contribution is -0.122. The van der Waals surface area contributed by atoms with Crippen molar-refractivity contribution in [3.8, 4) is 0 Å². The van der Waals surface area contributed by atoms with Crippen LogP contribution in [0.3, 0.4) is 0 Å². The number of sulfonamides is 1. The number of nitrogens with two attached hydrogens (primary N) is 1. The van der Waals surface area contributed by atoms with Gasteiger partial charge in [0.1, 0.15) is 4.90 Å². The third-order valence-corrected chi connectivity index (χ3v) is 4.26. The second kappa shape index (κ2) is 7.38. The Morgan fingerprint density at radius 3 is 2.76 bits per heavy atom. The standard InChI is InChI=1S/C11H21N5O4S/c1-4-16-7-9(10(12)14-16)21(18,19)15-8(2)11(17)13-5-6-20-3/h7-8,15H,4-6H2,1-3H3,(H2,12,14)(H,13,17). The van der Waals surface area contributed by atoms with Gasteiger partial charge in [-0.2, -0.15) is 9.82 Å². The van der Waals surface area contributed by atoms with Gasteiger partial charge in [0, 0.05) is 26.4 Å². The van der Waals surface area contributed by atoms with Gasteiger partial charge in [0.15, 0.2) is 5.82 Å². The van der Waals surface area contributed by atoms with E-state index in [1.54, 1.807) is 0 Å². The van der Waals surface area contributed by atoms with Crippen molar-refractivity contribution in [3.05, 3.63) is 6.20 Å². The summed E-state index contributed by atoms with van der Waals surface area (Å²) in [5, 5.41) is 6.41. The van der Waals surface area contributed by atoms with E-state index in [0.717, 1.165) is 0 Å². The van der Waals surface area contributed by atoms with Crippen molar-refractivity contribution in [2.75, 3.05) is 26.0 Å². The molecule has 1 heterocycles. The molecule has 0 saturated carbocycles. The third kappa shape index (κ3) is 4.69. The highest BCUT2D eigenvalue weighted by Crippen LogP contribution is 2.16. The Bertz CT molecular complexity index is 583. The number of carbonyl (C=O) groups excluding carboxylic acids is 1. The van der Waals surface area contributed by atoms with Crippen LogP contribution in [0.1, 0.15) is 13.8 Å². The number of nitrogens with one attached hydrogen (secondary N) is 2. The normalized spacial score (nSPS) is 13.1. The summed E-state index contributed by atoms with van der Waals surface area (Å²) in [6.45, 7) is 4.40. The van der Waals surface area contributed by atoms with Gasteiger partial charge < -0.3 is 15.8 Å². The van der Waals surface area contributed by atoms with Crippen LogP contribution in [0.25, 0.3) is 0 Å². The summed E-state index contributed by atoms with van der Waals surface area (Å²) in [6.07, 6.45) is 1.33. The molecule has 0 bridgehead atoms. The predicted octanol–water partition coefficient (Wildman–Crippen LogP) is -1.09. The van der Waals surface area contributed by atoms with Gasteiger partial charge >= 0.3 is 0 Å². The molecule has 1 aromatic heterocycles. The zero-order valence-electron chi connectivity index (χ0n) is 12.3. The average molecular weight is 319 g/mol. The van der Waals surface area contributed by atoms with Gasteiger partial charge in [-0.15, -0.1) is 0 Å². The fraction of sp³-hybridized carbons (Fsp3) is 0.636. The molecule has 0 aliphatic rings. The summed E-state index contributed by atoms with van der Waals surface area (Å²) < 4.78 is 32.8. The van der Waals surface area contributed by atoms with E-state index >= 15 is 0 Å². The van der Waals surface area contributed by atoms with E-state index in [1.807, 2.05) is 6.92 Å². The van der Waals surface area contributed by atoms with Crippen LogP contribution >= 0.6 is 0 Å². The van der Waals surface area contributed by atoms with Crippen LogP contribution in [0, 0.1) is 0 Å². The number of amides is 1. The fourth-order valence-electron chi connectivity index (χ4n) is 1.57. The van der Waals surface area contributed by atoms with Crippen LogP contribution < -0.4 is 15.8 Å². The smallest absolute Gasteiger partial charge is 0.246 e. The maximum Gasteiger partial charge on any atom is 0.246 e. The summed E-state index contributed by atoms with van der Waals surface area (Å²) in [5.74, 6) is -0.548. The molecule has 21 heavy (non-hydrogen) atoms. The molecular formula is C11H21N5O4S. The topological polar surface area (TPSA) is 128 Å². The minimum absolute atomic E-state index is 0.101. The molecule has 0 aliphatic heterocycles. The molecule has 1 aromatic rings. The molecule has 0 fully saturated rings. The van der Waals surface area contributed by atoms with Crippen molar-refractivity contribution >= 4 is 21.7 Å². The summed E-state index contributed by atoms with van der Waals surface area (Å²) >= 11 is 0. The molecule has 4 N–H and O–H groups in total. The number of anilines is 1. The Morgan fingerprint density at radius 1 is 1.57 bits per heavy atom. The molecule has 0 aromatic carbocycles. The van der Waals surface area contributed by atoms with Crippen LogP contribution in [0.15, 0.2) is 11.1 Å². The quantitative estimate of drug-likeness (QED) is 0.523. The van der Waals surface area contributed by atoms with Crippen LogP contribution in [0.2, 0.25) is 0 Å². The van der Waals surface area contributed by atoms with Crippen molar-refractivity contribution < 1.29 is 17.9 Å². The van der Waals surface area contributed by atoms with Gasteiger partial charge in [0.2, 0.25) is 15.9 Å². The minimum atomic E-state index is -3.91. The van der Waals surface area contributed by atoms with E-state index in [2.05, 4.69) is 15.1 Å². The molecule has 0 radical (unpaired) electrons. The van der Waals surface area contributed by atoms with Gasteiger partial charge in [-0.25, -0.2) is 8.42 Å². The molecule has 0 spiro atoms. The van der Waals surface area contributed by atoms with Crippen molar-refractivity contribution in [1.82, 2.24) is 19.8 Å². The molecule has 9 nitrogen and oxygen atoms in total. The first kappa shape index (κ1) is 17.4. The molecule has 120 valence electrons. The number of hydrogen-bond donors (Lipinski definition) is 3. The Labute approximate surface area is 123 Å². The van der Waals surface area contributed by atoms with E-state index in [9.17, 15) is 13.2 Å². The number of nitrogens with zero attached hydrogens (tertiary/aromatic N) is 2. The maximum absolute atomic E-state index is 12.2. The number of rotatable bonds is 8. The Morgan fingerprint density at radius 2 is 2.24 bits per heavy atom. The fourth-order valence-corrected chi connectivity index (χ4v) is 2.84. The number of ether oxygens (including phenoxy) is 1. The Kier molecular flexibility index (Phi) is 6.12. The lowest BCUT2D eigenvalue weighted by Gasteiger charge is -2.13. The molecule has 1 atom stereocenters. The van der Waals surface area contributed by atoms with Crippen molar-refractivity contribution in [2.24, 2.45) is 0 Å². The number of nitrogen functional groups attached to an aromatic ring is 1.